The number of carbonyl (C=O) groups is 4. The first-order chi connectivity index (χ1) is 14.8. The Kier molecular flexibility index (Phi) is 7.18. The van der Waals surface area contributed by atoms with E-state index in [1.807, 2.05) is 30.3 Å². The molecule has 2 aromatic carbocycles. The number of Topliss-reactive ketones (excluding diaryl/α,β-unsaturated/α-hetero) is 1. The maximum Gasteiger partial charge on any atom is 0.329 e. The average molecular weight is 422 g/mol. The first-order valence-corrected chi connectivity index (χ1v) is 10.3. The molecule has 2 amide bonds. The molecular weight excluding hydrogens is 396 g/mol. The highest BCUT2D eigenvalue weighted by Crippen LogP contribution is 2.23. The SMILES string of the molecule is CC(C)[C@H](NC(=O)Cc1ccccc1)C(=O)OCC(=O)c1ccc2c(c1)CCC(=O)N2. The van der Waals surface area contributed by atoms with Gasteiger partial charge in [0, 0.05) is 17.7 Å². The predicted molar refractivity (Wildman–Crippen MR) is 116 cm³/mol. The van der Waals surface area contributed by atoms with Gasteiger partial charge in [0.15, 0.2) is 12.4 Å². The standard InChI is InChI=1S/C24H26N2O5/c1-15(2)23(26-22(29)12-16-6-4-3-5-7-16)24(30)31-14-20(27)18-8-10-19-17(13-18)9-11-21(28)25-19/h3-8,10,13,15,23H,9,11-12,14H2,1-2H3,(H,25,28)(H,26,29)/t23-/m0/s1. The van der Waals surface area contributed by atoms with Gasteiger partial charge in [0.25, 0.3) is 0 Å². The van der Waals surface area contributed by atoms with Gasteiger partial charge in [-0.1, -0.05) is 44.2 Å². The Morgan fingerprint density at radius 2 is 1.81 bits per heavy atom. The van der Waals surface area contributed by atoms with E-state index in [2.05, 4.69) is 10.6 Å². The van der Waals surface area contributed by atoms with Gasteiger partial charge in [-0.05, 0) is 41.7 Å². The third-order valence-corrected chi connectivity index (χ3v) is 5.11. The first-order valence-electron chi connectivity index (χ1n) is 10.3. The number of carbonyl (C=O) groups excluding carboxylic acids is 4. The second kappa shape index (κ2) is 10.0. The number of amides is 2. The molecule has 0 saturated carbocycles. The van der Waals surface area contributed by atoms with Crippen LogP contribution in [-0.2, 0) is 32.0 Å². The smallest absolute Gasteiger partial charge is 0.329 e. The summed E-state index contributed by atoms with van der Waals surface area (Å²) in [5, 5.41) is 5.47. The van der Waals surface area contributed by atoms with Crippen LogP contribution in [-0.4, -0.2) is 36.2 Å². The number of hydrogen-bond donors (Lipinski definition) is 2. The monoisotopic (exact) mass is 422 g/mol. The number of nitrogens with one attached hydrogen (secondary N) is 2. The number of ether oxygens (including phenoxy) is 1. The molecule has 2 N–H and O–H groups in total. The van der Waals surface area contributed by atoms with Crippen LogP contribution in [0.5, 0.6) is 0 Å². The molecule has 2 aromatic rings. The molecule has 3 rings (SSSR count). The fraction of sp³-hybridized carbons (Fsp3) is 0.333. The molecule has 0 bridgehead atoms. The number of esters is 1. The van der Waals surface area contributed by atoms with Crippen molar-refractivity contribution in [2.75, 3.05) is 11.9 Å². The Morgan fingerprint density at radius 3 is 2.52 bits per heavy atom. The molecule has 7 nitrogen and oxygen atoms in total. The van der Waals surface area contributed by atoms with E-state index < -0.39 is 18.6 Å². The zero-order chi connectivity index (χ0) is 22.4. The summed E-state index contributed by atoms with van der Waals surface area (Å²) in [6.45, 7) is 3.18. The van der Waals surface area contributed by atoms with E-state index in [4.69, 9.17) is 4.74 Å². The van der Waals surface area contributed by atoms with E-state index in [1.54, 1.807) is 32.0 Å². The van der Waals surface area contributed by atoms with E-state index in [0.717, 1.165) is 11.1 Å². The van der Waals surface area contributed by atoms with Crippen LogP contribution in [0.1, 0.15) is 41.8 Å². The van der Waals surface area contributed by atoms with Crippen LogP contribution in [0.3, 0.4) is 0 Å². The molecule has 1 aliphatic rings. The van der Waals surface area contributed by atoms with Crippen LogP contribution in [0.15, 0.2) is 48.5 Å². The minimum Gasteiger partial charge on any atom is -0.456 e. The molecule has 0 spiro atoms. The third-order valence-electron chi connectivity index (χ3n) is 5.11. The summed E-state index contributed by atoms with van der Waals surface area (Å²) in [6, 6.07) is 13.4. The van der Waals surface area contributed by atoms with Crippen molar-refractivity contribution in [3.63, 3.8) is 0 Å². The van der Waals surface area contributed by atoms with Gasteiger partial charge in [-0.15, -0.1) is 0 Å². The highest BCUT2D eigenvalue weighted by molar-refractivity contribution is 6.00. The Morgan fingerprint density at radius 1 is 1.06 bits per heavy atom. The summed E-state index contributed by atoms with van der Waals surface area (Å²) in [4.78, 5) is 48.8. The second-order valence-electron chi connectivity index (χ2n) is 7.90. The molecular formula is C24H26N2O5. The van der Waals surface area contributed by atoms with E-state index in [-0.39, 0.29) is 29.9 Å². The van der Waals surface area contributed by atoms with Crippen LogP contribution in [0.4, 0.5) is 5.69 Å². The lowest BCUT2D eigenvalue weighted by Gasteiger charge is -2.21. The molecule has 1 atom stereocenters. The van der Waals surface area contributed by atoms with Crippen molar-refractivity contribution >= 4 is 29.3 Å². The van der Waals surface area contributed by atoms with Gasteiger partial charge in [-0.2, -0.15) is 0 Å². The number of ketones is 1. The molecule has 0 aliphatic carbocycles. The third kappa shape index (κ3) is 6.01. The van der Waals surface area contributed by atoms with Gasteiger partial charge >= 0.3 is 5.97 Å². The maximum absolute atomic E-state index is 12.5. The molecule has 0 radical (unpaired) electrons. The number of anilines is 1. The Bertz CT molecular complexity index is 985. The number of aryl methyl sites for hydroxylation is 1. The molecule has 0 fully saturated rings. The van der Waals surface area contributed by atoms with Crippen LogP contribution in [0, 0.1) is 5.92 Å². The molecule has 31 heavy (non-hydrogen) atoms. The number of rotatable bonds is 8. The maximum atomic E-state index is 12.5. The van der Waals surface area contributed by atoms with Gasteiger partial charge in [-0.25, -0.2) is 4.79 Å². The zero-order valence-electron chi connectivity index (χ0n) is 17.6. The Balaban J connectivity index is 1.56. The minimum atomic E-state index is -0.845. The molecule has 1 aliphatic heterocycles. The van der Waals surface area contributed by atoms with E-state index >= 15 is 0 Å². The zero-order valence-corrected chi connectivity index (χ0v) is 17.6. The first kappa shape index (κ1) is 22.2. The van der Waals surface area contributed by atoms with Crippen molar-refractivity contribution in [1.82, 2.24) is 5.32 Å². The fourth-order valence-electron chi connectivity index (χ4n) is 3.37. The van der Waals surface area contributed by atoms with Crippen molar-refractivity contribution in [2.24, 2.45) is 5.92 Å². The van der Waals surface area contributed by atoms with Crippen LogP contribution < -0.4 is 10.6 Å². The highest BCUT2D eigenvalue weighted by atomic mass is 16.5. The minimum absolute atomic E-state index is 0.0467. The molecule has 7 heteroatoms. The number of benzene rings is 2. The van der Waals surface area contributed by atoms with Crippen LogP contribution in [0.25, 0.3) is 0 Å². The quantitative estimate of drug-likeness (QED) is 0.503. The summed E-state index contributed by atoms with van der Waals surface area (Å²) in [5.41, 5.74) is 2.84. The molecule has 0 unspecified atom stereocenters. The summed E-state index contributed by atoms with van der Waals surface area (Å²) in [6.07, 6.45) is 1.09. The van der Waals surface area contributed by atoms with Crippen molar-refractivity contribution in [3.8, 4) is 0 Å². The van der Waals surface area contributed by atoms with Crippen LogP contribution in [0.2, 0.25) is 0 Å². The Labute approximate surface area is 181 Å². The summed E-state index contributed by atoms with van der Waals surface area (Å²) in [7, 11) is 0. The van der Waals surface area contributed by atoms with E-state index in [0.29, 0.717) is 24.1 Å². The van der Waals surface area contributed by atoms with Crippen molar-refractivity contribution in [2.45, 2.75) is 39.2 Å². The lowest BCUT2D eigenvalue weighted by molar-refractivity contribution is -0.148. The van der Waals surface area contributed by atoms with Gasteiger partial charge in [0.05, 0.1) is 6.42 Å². The van der Waals surface area contributed by atoms with Crippen molar-refractivity contribution in [3.05, 3.63) is 65.2 Å². The van der Waals surface area contributed by atoms with Gasteiger partial charge in [0.2, 0.25) is 11.8 Å². The largest absolute Gasteiger partial charge is 0.456 e. The molecule has 0 saturated heterocycles. The summed E-state index contributed by atoms with van der Waals surface area (Å²) in [5.74, 6) is -1.52. The topological polar surface area (TPSA) is 102 Å². The Hall–Kier alpha value is -3.48. The highest BCUT2D eigenvalue weighted by Gasteiger charge is 2.26. The number of hydrogen-bond acceptors (Lipinski definition) is 5. The van der Waals surface area contributed by atoms with Crippen molar-refractivity contribution in [1.29, 1.82) is 0 Å². The summed E-state index contributed by atoms with van der Waals surface area (Å²) < 4.78 is 5.22. The normalized spacial score (nSPS) is 13.7. The van der Waals surface area contributed by atoms with E-state index in [9.17, 15) is 19.2 Å². The lowest BCUT2D eigenvalue weighted by atomic mass is 9.99. The van der Waals surface area contributed by atoms with Gasteiger partial charge < -0.3 is 15.4 Å². The lowest BCUT2D eigenvalue weighted by Crippen LogP contribution is -2.46. The predicted octanol–water partition coefficient (Wildman–Crippen LogP) is 2.68. The summed E-state index contributed by atoms with van der Waals surface area (Å²) >= 11 is 0. The van der Waals surface area contributed by atoms with Crippen molar-refractivity contribution < 1.29 is 23.9 Å². The molecule has 162 valence electrons. The van der Waals surface area contributed by atoms with Gasteiger partial charge in [0.1, 0.15) is 6.04 Å². The second-order valence-corrected chi connectivity index (χ2v) is 7.90. The fourth-order valence-corrected chi connectivity index (χ4v) is 3.37. The van der Waals surface area contributed by atoms with Gasteiger partial charge in [-0.3, -0.25) is 14.4 Å². The molecule has 1 heterocycles. The average Bonchev–Trinajstić information content (AvgIpc) is 2.75. The van der Waals surface area contributed by atoms with Crippen LogP contribution >= 0.6 is 0 Å². The number of fused-ring (bicyclic) bond motifs is 1. The van der Waals surface area contributed by atoms with E-state index in [1.165, 1.54) is 0 Å². The molecule has 0 aromatic heterocycles.